The van der Waals surface area contributed by atoms with Crippen molar-refractivity contribution in [3.63, 3.8) is 0 Å². The van der Waals surface area contributed by atoms with Crippen LogP contribution in [0.2, 0.25) is 0 Å². The summed E-state index contributed by atoms with van der Waals surface area (Å²) >= 11 is 0. The average molecular weight is 479 g/mol. The van der Waals surface area contributed by atoms with E-state index in [9.17, 15) is 9.00 Å². The highest BCUT2D eigenvalue weighted by Gasteiger charge is 2.18. The predicted octanol–water partition coefficient (Wildman–Crippen LogP) is 3.25. The minimum Gasteiger partial charge on any atom is -0.497 e. The number of hydrogen-bond acceptors (Lipinski definition) is 5. The van der Waals surface area contributed by atoms with Crippen LogP contribution in [0, 0.1) is 0 Å². The number of nitrogens with one attached hydrogen (secondary N) is 1. The number of para-hydroxylation sites is 1. The maximum atomic E-state index is 12.9. The van der Waals surface area contributed by atoms with E-state index in [-0.39, 0.29) is 24.0 Å². The minimum atomic E-state index is -1.42. The van der Waals surface area contributed by atoms with E-state index in [1.807, 2.05) is 70.2 Å². The normalized spacial score (nSPS) is 11.7. The molecule has 9 heteroatoms. The van der Waals surface area contributed by atoms with Crippen molar-refractivity contribution in [1.29, 1.82) is 0 Å². The van der Waals surface area contributed by atoms with Crippen LogP contribution in [-0.2, 0) is 27.9 Å². The molecule has 1 N–H and O–H groups in total. The molecule has 1 amide bonds. The molecule has 176 valence electrons. The molecule has 0 aliphatic carbocycles. The molecule has 0 saturated carbocycles. The highest BCUT2D eigenvalue weighted by molar-refractivity contribution is 7.84. The molecule has 2 aromatic heterocycles. The summed E-state index contributed by atoms with van der Waals surface area (Å²) in [4.78, 5) is 12.5. The maximum Gasteiger partial charge on any atom is 0.232 e. The van der Waals surface area contributed by atoms with E-state index in [2.05, 4.69) is 10.4 Å². The Hall–Kier alpha value is -3.85. The lowest BCUT2D eigenvalue weighted by atomic mass is 10.2. The van der Waals surface area contributed by atoms with Gasteiger partial charge in [-0.15, -0.1) is 0 Å². The zero-order valence-electron chi connectivity index (χ0n) is 19.0. The van der Waals surface area contributed by atoms with Crippen LogP contribution in [-0.4, -0.2) is 44.4 Å². The summed E-state index contributed by atoms with van der Waals surface area (Å²) in [6.45, 7) is 0.268. The number of hydrogen-bond donors (Lipinski definition) is 1. The number of carbonyl (C=O) groups excluding carboxylic acids is 1. The van der Waals surface area contributed by atoms with Crippen molar-refractivity contribution < 1.29 is 18.5 Å². The van der Waals surface area contributed by atoms with E-state index >= 15 is 0 Å². The maximum absolute atomic E-state index is 12.9. The largest absolute Gasteiger partial charge is 0.497 e. The standard InChI is InChI=1S/C25H26N4O4S/c1-32-22-11-10-19(23(14-22)33-2)15-26-24(30)18-34(31)17-20-16-27-29(21-8-4-3-5-9-21)25(20)28-12-6-7-13-28/h3-14,16H,15,17-18H2,1-2H3,(H,26,30). The second-order valence-electron chi connectivity index (χ2n) is 7.51. The van der Waals surface area contributed by atoms with Gasteiger partial charge in [0.25, 0.3) is 0 Å². The van der Waals surface area contributed by atoms with Crippen LogP contribution in [0.3, 0.4) is 0 Å². The summed E-state index contributed by atoms with van der Waals surface area (Å²) in [5.74, 6) is 1.88. The Bertz CT molecular complexity index is 1270. The number of nitrogens with zero attached hydrogens (tertiary/aromatic N) is 3. The molecular formula is C25H26N4O4S. The molecular weight excluding hydrogens is 452 g/mol. The summed E-state index contributed by atoms with van der Waals surface area (Å²) in [5, 5.41) is 7.34. The van der Waals surface area contributed by atoms with Gasteiger partial charge in [0.1, 0.15) is 23.1 Å². The van der Waals surface area contributed by atoms with E-state index in [1.54, 1.807) is 32.5 Å². The molecule has 0 fully saturated rings. The highest BCUT2D eigenvalue weighted by Crippen LogP contribution is 2.24. The first-order valence-corrected chi connectivity index (χ1v) is 12.2. The third-order valence-electron chi connectivity index (χ3n) is 5.25. The first-order valence-electron chi connectivity index (χ1n) is 10.7. The number of benzene rings is 2. The summed E-state index contributed by atoms with van der Waals surface area (Å²) < 4.78 is 27.2. The van der Waals surface area contributed by atoms with Crippen LogP contribution in [0.15, 0.2) is 79.3 Å². The Morgan fingerprint density at radius 3 is 2.47 bits per heavy atom. The van der Waals surface area contributed by atoms with Crippen molar-refractivity contribution in [2.45, 2.75) is 12.3 Å². The van der Waals surface area contributed by atoms with Crippen molar-refractivity contribution in [2.75, 3.05) is 20.0 Å². The van der Waals surface area contributed by atoms with Crippen LogP contribution in [0.4, 0.5) is 0 Å². The van der Waals surface area contributed by atoms with Gasteiger partial charge in [-0.05, 0) is 36.4 Å². The van der Waals surface area contributed by atoms with Crippen molar-refractivity contribution in [1.82, 2.24) is 19.7 Å². The Kier molecular flexibility index (Phi) is 7.44. The molecule has 0 spiro atoms. The fraction of sp³-hybridized carbons (Fsp3) is 0.200. The Morgan fingerprint density at radius 2 is 1.76 bits per heavy atom. The zero-order chi connectivity index (χ0) is 23.9. The third-order valence-corrected chi connectivity index (χ3v) is 6.46. The van der Waals surface area contributed by atoms with Crippen molar-refractivity contribution in [3.05, 3.63) is 90.4 Å². The smallest absolute Gasteiger partial charge is 0.232 e. The molecule has 4 rings (SSSR count). The molecule has 34 heavy (non-hydrogen) atoms. The summed E-state index contributed by atoms with van der Waals surface area (Å²) in [5.41, 5.74) is 2.50. The summed E-state index contributed by atoms with van der Waals surface area (Å²) in [6, 6.07) is 19.0. The molecule has 0 aliphatic rings. The number of rotatable bonds is 10. The van der Waals surface area contributed by atoms with Gasteiger partial charge in [-0.1, -0.05) is 18.2 Å². The van der Waals surface area contributed by atoms with Crippen LogP contribution in [0.1, 0.15) is 11.1 Å². The molecule has 8 nitrogen and oxygen atoms in total. The zero-order valence-corrected chi connectivity index (χ0v) is 19.8. The van der Waals surface area contributed by atoms with Gasteiger partial charge in [-0.25, -0.2) is 4.68 Å². The number of methoxy groups -OCH3 is 2. The van der Waals surface area contributed by atoms with Gasteiger partial charge in [0, 0.05) is 46.9 Å². The minimum absolute atomic E-state index is 0.111. The lowest BCUT2D eigenvalue weighted by molar-refractivity contribution is -0.118. The van der Waals surface area contributed by atoms with Crippen LogP contribution < -0.4 is 14.8 Å². The third kappa shape index (κ3) is 5.37. The van der Waals surface area contributed by atoms with Gasteiger partial charge in [0.2, 0.25) is 5.91 Å². The predicted molar refractivity (Wildman–Crippen MR) is 131 cm³/mol. The SMILES string of the molecule is COc1ccc(CNC(=O)CS(=O)Cc2cnn(-c3ccccc3)c2-n2cccc2)c(OC)c1. The number of carbonyl (C=O) groups is 1. The molecule has 2 heterocycles. The molecule has 1 atom stereocenters. The number of amides is 1. The molecule has 4 aromatic rings. The van der Waals surface area contributed by atoms with E-state index in [0.29, 0.717) is 11.5 Å². The van der Waals surface area contributed by atoms with E-state index in [1.165, 1.54) is 0 Å². The van der Waals surface area contributed by atoms with Gasteiger partial charge in [0.05, 0.1) is 31.9 Å². The second kappa shape index (κ2) is 10.8. The van der Waals surface area contributed by atoms with Crippen LogP contribution in [0.5, 0.6) is 11.5 Å². The first-order chi connectivity index (χ1) is 16.6. The average Bonchev–Trinajstić information content (AvgIpc) is 3.53. The Labute approximate surface area is 200 Å². The fourth-order valence-electron chi connectivity index (χ4n) is 3.60. The van der Waals surface area contributed by atoms with Crippen molar-refractivity contribution >= 4 is 16.7 Å². The monoisotopic (exact) mass is 478 g/mol. The lowest BCUT2D eigenvalue weighted by Gasteiger charge is -2.12. The molecule has 1 unspecified atom stereocenters. The molecule has 2 aromatic carbocycles. The number of ether oxygens (including phenoxy) is 2. The summed E-state index contributed by atoms with van der Waals surface area (Å²) in [6.07, 6.45) is 5.54. The van der Waals surface area contributed by atoms with Crippen LogP contribution in [0.25, 0.3) is 11.5 Å². The first kappa shape index (κ1) is 23.3. The lowest BCUT2D eigenvalue weighted by Crippen LogP contribution is -2.28. The van der Waals surface area contributed by atoms with E-state index < -0.39 is 10.8 Å². The Balaban J connectivity index is 1.43. The quantitative estimate of drug-likeness (QED) is 0.378. The van der Waals surface area contributed by atoms with Gasteiger partial charge < -0.3 is 19.4 Å². The second-order valence-corrected chi connectivity index (χ2v) is 8.97. The van der Waals surface area contributed by atoms with E-state index in [4.69, 9.17) is 9.47 Å². The molecule has 0 saturated heterocycles. The van der Waals surface area contributed by atoms with Gasteiger partial charge in [0.15, 0.2) is 0 Å². The van der Waals surface area contributed by atoms with Gasteiger partial charge in [-0.2, -0.15) is 5.10 Å². The fourth-order valence-corrected chi connectivity index (χ4v) is 4.65. The molecule has 0 radical (unpaired) electrons. The van der Waals surface area contributed by atoms with Crippen molar-refractivity contribution in [3.8, 4) is 23.0 Å². The highest BCUT2D eigenvalue weighted by atomic mass is 32.2. The van der Waals surface area contributed by atoms with Gasteiger partial charge in [-0.3, -0.25) is 9.00 Å². The summed E-state index contributed by atoms with van der Waals surface area (Å²) in [7, 11) is 1.73. The number of aromatic nitrogens is 3. The van der Waals surface area contributed by atoms with Crippen molar-refractivity contribution in [2.24, 2.45) is 0 Å². The molecule has 0 aliphatic heterocycles. The topological polar surface area (TPSA) is 87.4 Å². The molecule has 0 bridgehead atoms. The van der Waals surface area contributed by atoms with Gasteiger partial charge >= 0.3 is 0 Å². The van der Waals surface area contributed by atoms with E-state index in [0.717, 1.165) is 22.6 Å². The Morgan fingerprint density at radius 1 is 1.00 bits per heavy atom. The van der Waals surface area contributed by atoms with Crippen LogP contribution >= 0.6 is 0 Å².